The quantitative estimate of drug-likeness (QED) is 0.611. The Labute approximate surface area is 170 Å². The molecule has 2 aromatic carbocycles. The summed E-state index contributed by atoms with van der Waals surface area (Å²) in [5.41, 5.74) is 2.90. The molecule has 1 aliphatic rings. The molecule has 0 saturated carbocycles. The molecule has 0 aliphatic carbocycles. The number of hydrogen-bond acceptors (Lipinski definition) is 3. The summed E-state index contributed by atoms with van der Waals surface area (Å²) in [6, 6.07) is 14.0. The van der Waals surface area contributed by atoms with Gasteiger partial charge in [-0.1, -0.05) is 35.3 Å². The lowest BCUT2D eigenvalue weighted by atomic mass is 10.1. The Balaban J connectivity index is 1.58. The number of nitrogens with zero attached hydrogens (tertiary/aromatic N) is 1. The van der Waals surface area contributed by atoms with Crippen molar-refractivity contribution in [3.63, 3.8) is 0 Å². The average molecular weight is 417 g/mol. The maximum atomic E-state index is 12.7. The van der Waals surface area contributed by atoms with E-state index in [0.29, 0.717) is 32.7 Å². The van der Waals surface area contributed by atoms with Crippen LogP contribution in [0.15, 0.2) is 53.9 Å². The first kappa shape index (κ1) is 18.0. The lowest BCUT2D eigenvalue weighted by Crippen LogP contribution is -2.28. The highest BCUT2D eigenvalue weighted by Gasteiger charge is 2.26. The second-order valence-corrected chi connectivity index (χ2v) is 7.96. The minimum absolute atomic E-state index is 0.0196. The van der Waals surface area contributed by atoms with E-state index in [0.717, 1.165) is 17.7 Å². The molecule has 1 N–H and O–H groups in total. The Morgan fingerprint density at radius 2 is 1.81 bits per heavy atom. The summed E-state index contributed by atoms with van der Waals surface area (Å²) in [5.74, 6) is -0.331. The summed E-state index contributed by atoms with van der Waals surface area (Å²) >= 11 is 13.4. The molecule has 4 rings (SSSR count). The highest BCUT2D eigenvalue weighted by molar-refractivity contribution is 7.12. The number of benzene rings is 2. The van der Waals surface area contributed by atoms with Gasteiger partial charge in [0.1, 0.15) is 0 Å². The van der Waals surface area contributed by atoms with E-state index in [4.69, 9.17) is 23.2 Å². The molecular weight excluding hydrogens is 403 g/mol. The van der Waals surface area contributed by atoms with Crippen LogP contribution in [0.2, 0.25) is 10.0 Å². The smallest absolute Gasteiger partial charge is 0.268 e. The van der Waals surface area contributed by atoms with E-state index in [1.807, 2.05) is 35.7 Å². The van der Waals surface area contributed by atoms with E-state index in [-0.39, 0.29) is 11.8 Å². The minimum Gasteiger partial charge on any atom is -0.322 e. The number of fused-ring (bicyclic) bond motifs is 1. The van der Waals surface area contributed by atoms with Gasteiger partial charge in [0.15, 0.2) is 0 Å². The number of carbonyl (C=O) groups excluding carboxylic acids is 2. The molecule has 2 heterocycles. The Morgan fingerprint density at radius 3 is 2.52 bits per heavy atom. The summed E-state index contributed by atoms with van der Waals surface area (Å²) in [6.07, 6.45) is 0.796. The SMILES string of the molecule is O=C(Nc1ccc2c(c1)N(C(=O)c1cccs1)CC2)c1cc(Cl)cc(Cl)c1. The number of carbonyl (C=O) groups is 2. The fourth-order valence-electron chi connectivity index (χ4n) is 3.09. The zero-order valence-electron chi connectivity index (χ0n) is 14.0. The molecule has 0 fully saturated rings. The number of anilines is 2. The number of nitrogens with one attached hydrogen (secondary N) is 1. The minimum atomic E-state index is -0.312. The van der Waals surface area contributed by atoms with Crippen molar-refractivity contribution in [1.29, 1.82) is 0 Å². The highest BCUT2D eigenvalue weighted by atomic mass is 35.5. The highest BCUT2D eigenvalue weighted by Crippen LogP contribution is 2.33. The molecule has 136 valence electrons. The molecule has 0 bridgehead atoms. The molecule has 7 heteroatoms. The number of rotatable bonds is 3. The Hall–Kier alpha value is -2.34. The Bertz CT molecular complexity index is 1010. The number of thiophene rings is 1. The normalized spacial score (nSPS) is 12.7. The predicted molar refractivity (Wildman–Crippen MR) is 111 cm³/mol. The fraction of sp³-hybridized carbons (Fsp3) is 0.100. The molecule has 4 nitrogen and oxygen atoms in total. The number of amides is 2. The molecule has 1 aliphatic heterocycles. The third kappa shape index (κ3) is 3.72. The number of halogens is 2. The maximum absolute atomic E-state index is 12.7. The van der Waals surface area contributed by atoms with Crippen LogP contribution < -0.4 is 10.2 Å². The van der Waals surface area contributed by atoms with Crippen LogP contribution >= 0.6 is 34.5 Å². The van der Waals surface area contributed by atoms with E-state index in [9.17, 15) is 9.59 Å². The van der Waals surface area contributed by atoms with Crippen LogP contribution in [0.4, 0.5) is 11.4 Å². The molecular formula is C20H14Cl2N2O2S. The van der Waals surface area contributed by atoms with Crippen molar-refractivity contribution < 1.29 is 9.59 Å². The maximum Gasteiger partial charge on any atom is 0.268 e. The molecule has 0 radical (unpaired) electrons. The van der Waals surface area contributed by atoms with Crippen LogP contribution in [-0.2, 0) is 6.42 Å². The van der Waals surface area contributed by atoms with Crippen LogP contribution in [0.3, 0.4) is 0 Å². The lowest BCUT2D eigenvalue weighted by molar-refractivity contribution is 0.0991. The van der Waals surface area contributed by atoms with Gasteiger partial charge in [0.25, 0.3) is 11.8 Å². The van der Waals surface area contributed by atoms with Crippen LogP contribution in [0.5, 0.6) is 0 Å². The second kappa shape index (κ2) is 7.35. The third-order valence-electron chi connectivity index (χ3n) is 4.34. The van der Waals surface area contributed by atoms with Crippen molar-refractivity contribution in [3.05, 3.63) is 80.0 Å². The average Bonchev–Trinajstić information content (AvgIpc) is 3.30. The molecule has 0 saturated heterocycles. The molecule has 27 heavy (non-hydrogen) atoms. The van der Waals surface area contributed by atoms with Gasteiger partial charge in [-0.3, -0.25) is 9.59 Å². The van der Waals surface area contributed by atoms with Crippen LogP contribution in [0.1, 0.15) is 25.6 Å². The predicted octanol–water partition coefficient (Wildman–Crippen LogP) is 5.51. The van der Waals surface area contributed by atoms with Gasteiger partial charge in [-0.2, -0.15) is 0 Å². The zero-order valence-corrected chi connectivity index (χ0v) is 16.4. The van der Waals surface area contributed by atoms with Gasteiger partial charge in [0, 0.05) is 33.5 Å². The summed E-state index contributed by atoms with van der Waals surface area (Å²) in [4.78, 5) is 27.7. The van der Waals surface area contributed by atoms with Gasteiger partial charge in [-0.15, -0.1) is 11.3 Å². The topological polar surface area (TPSA) is 49.4 Å². The first-order chi connectivity index (χ1) is 13.0. The van der Waals surface area contributed by atoms with Crippen molar-refractivity contribution in [2.45, 2.75) is 6.42 Å². The zero-order chi connectivity index (χ0) is 19.0. The van der Waals surface area contributed by atoms with Gasteiger partial charge in [0.2, 0.25) is 0 Å². The number of hydrogen-bond donors (Lipinski definition) is 1. The van der Waals surface area contributed by atoms with Crippen molar-refractivity contribution in [3.8, 4) is 0 Å². The third-order valence-corrected chi connectivity index (χ3v) is 5.63. The largest absolute Gasteiger partial charge is 0.322 e. The van der Waals surface area contributed by atoms with E-state index in [1.54, 1.807) is 23.1 Å². The van der Waals surface area contributed by atoms with Crippen molar-refractivity contribution in [2.24, 2.45) is 0 Å². The van der Waals surface area contributed by atoms with Crippen LogP contribution in [-0.4, -0.2) is 18.4 Å². The standard InChI is InChI=1S/C20H14Cl2N2O2S/c21-14-8-13(9-15(22)10-14)19(25)23-16-4-3-12-5-6-24(17(12)11-16)20(26)18-2-1-7-27-18/h1-4,7-11H,5-6H2,(H,23,25). The molecule has 0 unspecified atom stereocenters. The Morgan fingerprint density at radius 1 is 1.04 bits per heavy atom. The van der Waals surface area contributed by atoms with Crippen LogP contribution in [0.25, 0.3) is 0 Å². The molecule has 0 atom stereocenters. The van der Waals surface area contributed by atoms with Crippen LogP contribution in [0, 0.1) is 0 Å². The molecule has 2 amide bonds. The summed E-state index contributed by atoms with van der Waals surface area (Å²) in [6.45, 7) is 0.632. The molecule has 1 aromatic heterocycles. The van der Waals surface area contributed by atoms with E-state index >= 15 is 0 Å². The fourth-order valence-corrected chi connectivity index (χ4v) is 4.29. The Kier molecular flexibility index (Phi) is 4.91. The summed E-state index contributed by atoms with van der Waals surface area (Å²) in [7, 11) is 0. The van der Waals surface area contributed by atoms with Gasteiger partial charge < -0.3 is 10.2 Å². The molecule has 3 aromatic rings. The first-order valence-electron chi connectivity index (χ1n) is 8.27. The first-order valence-corrected chi connectivity index (χ1v) is 9.90. The van der Waals surface area contributed by atoms with Crippen molar-refractivity contribution >= 4 is 57.7 Å². The lowest BCUT2D eigenvalue weighted by Gasteiger charge is -2.17. The van der Waals surface area contributed by atoms with Gasteiger partial charge >= 0.3 is 0 Å². The summed E-state index contributed by atoms with van der Waals surface area (Å²) in [5, 5.41) is 5.53. The molecule has 0 spiro atoms. The monoisotopic (exact) mass is 416 g/mol. The van der Waals surface area contributed by atoms with E-state index in [2.05, 4.69) is 5.32 Å². The second-order valence-electron chi connectivity index (χ2n) is 6.14. The van der Waals surface area contributed by atoms with Gasteiger partial charge in [0.05, 0.1) is 4.88 Å². The van der Waals surface area contributed by atoms with Gasteiger partial charge in [-0.05, 0) is 53.8 Å². The van der Waals surface area contributed by atoms with E-state index in [1.165, 1.54) is 11.3 Å². The summed E-state index contributed by atoms with van der Waals surface area (Å²) < 4.78 is 0. The van der Waals surface area contributed by atoms with Crippen molar-refractivity contribution in [1.82, 2.24) is 0 Å². The van der Waals surface area contributed by atoms with Gasteiger partial charge in [-0.25, -0.2) is 0 Å². The van der Waals surface area contributed by atoms with E-state index < -0.39 is 0 Å². The van der Waals surface area contributed by atoms with Crippen molar-refractivity contribution in [2.75, 3.05) is 16.8 Å².